The zero-order chi connectivity index (χ0) is 15.0. The number of aliphatic carboxylic acids is 1. The lowest BCUT2D eigenvalue weighted by molar-refractivity contribution is -0.145. The van der Waals surface area contributed by atoms with Gasteiger partial charge in [0.1, 0.15) is 11.9 Å². The van der Waals surface area contributed by atoms with Crippen LogP contribution >= 0.6 is 0 Å². The van der Waals surface area contributed by atoms with Gasteiger partial charge in [-0.1, -0.05) is 13.8 Å². The van der Waals surface area contributed by atoms with Crippen molar-refractivity contribution in [1.29, 1.82) is 0 Å². The van der Waals surface area contributed by atoms with E-state index in [2.05, 4.69) is 28.6 Å². The van der Waals surface area contributed by atoms with Crippen LogP contribution in [-0.4, -0.2) is 58.4 Å². The Morgan fingerprint density at radius 1 is 1.35 bits per heavy atom. The lowest BCUT2D eigenvalue weighted by Gasteiger charge is -2.44. The molecule has 112 valence electrons. The molecular formula is C15H25N3O2. The van der Waals surface area contributed by atoms with Gasteiger partial charge in [-0.15, -0.1) is 0 Å². The van der Waals surface area contributed by atoms with E-state index in [-0.39, 0.29) is 12.0 Å². The van der Waals surface area contributed by atoms with Crippen LogP contribution in [0.25, 0.3) is 0 Å². The largest absolute Gasteiger partial charge is 0.480 e. The maximum absolute atomic E-state index is 11.5. The second kappa shape index (κ2) is 5.56. The minimum Gasteiger partial charge on any atom is -0.480 e. The number of hydrogen-bond donors (Lipinski definition) is 1. The zero-order valence-electron chi connectivity index (χ0n) is 13.1. The normalized spacial score (nSPS) is 25.6. The van der Waals surface area contributed by atoms with E-state index in [0.717, 1.165) is 18.9 Å². The Morgan fingerprint density at radius 3 is 2.55 bits per heavy atom. The summed E-state index contributed by atoms with van der Waals surface area (Å²) in [5.41, 5.74) is 2.50. The van der Waals surface area contributed by atoms with Crippen molar-refractivity contribution >= 4 is 11.8 Å². The van der Waals surface area contributed by atoms with Crippen molar-refractivity contribution in [3.63, 3.8) is 0 Å². The number of carbonyl (C=O) groups is 1. The van der Waals surface area contributed by atoms with Gasteiger partial charge >= 0.3 is 5.97 Å². The van der Waals surface area contributed by atoms with Crippen LogP contribution in [-0.2, 0) is 4.79 Å². The van der Waals surface area contributed by atoms with Crippen LogP contribution in [0, 0.1) is 5.92 Å². The Morgan fingerprint density at radius 2 is 2.00 bits per heavy atom. The van der Waals surface area contributed by atoms with Crippen molar-refractivity contribution in [2.45, 2.75) is 46.7 Å². The molecule has 5 heteroatoms. The molecule has 2 heterocycles. The second-order valence-corrected chi connectivity index (χ2v) is 6.13. The predicted octanol–water partition coefficient (Wildman–Crippen LogP) is 1.81. The highest BCUT2D eigenvalue weighted by molar-refractivity contribution is 5.83. The fraction of sp³-hybridized carbons (Fsp3) is 0.733. The summed E-state index contributed by atoms with van der Waals surface area (Å²) in [6.45, 7) is 12.5. The number of fused-ring (bicyclic) bond motifs is 1. The highest BCUT2D eigenvalue weighted by Gasteiger charge is 2.35. The fourth-order valence-corrected chi connectivity index (χ4v) is 3.20. The lowest BCUT2D eigenvalue weighted by atomic mass is 9.98. The van der Waals surface area contributed by atoms with Gasteiger partial charge in [-0.2, -0.15) is 0 Å². The summed E-state index contributed by atoms with van der Waals surface area (Å²) >= 11 is 0. The molecule has 0 aliphatic carbocycles. The van der Waals surface area contributed by atoms with Crippen LogP contribution in [0.15, 0.2) is 16.3 Å². The molecule has 2 atom stereocenters. The van der Waals surface area contributed by atoms with E-state index >= 15 is 0 Å². The van der Waals surface area contributed by atoms with Crippen molar-refractivity contribution in [3.8, 4) is 0 Å². The second-order valence-electron chi connectivity index (χ2n) is 6.13. The Balaban J connectivity index is 2.25. The van der Waals surface area contributed by atoms with Gasteiger partial charge in [0.2, 0.25) is 0 Å². The first-order valence-electron chi connectivity index (χ1n) is 7.31. The molecule has 5 nitrogen and oxygen atoms in total. The maximum Gasteiger partial charge on any atom is 0.321 e. The quantitative estimate of drug-likeness (QED) is 0.856. The molecule has 1 saturated heterocycles. The summed E-state index contributed by atoms with van der Waals surface area (Å²) in [4.78, 5) is 20.5. The summed E-state index contributed by atoms with van der Waals surface area (Å²) in [6.07, 6.45) is 0. The summed E-state index contributed by atoms with van der Waals surface area (Å²) in [7, 11) is 0. The molecule has 20 heavy (non-hydrogen) atoms. The average molecular weight is 279 g/mol. The third-order valence-corrected chi connectivity index (χ3v) is 4.42. The number of hydrogen-bond acceptors (Lipinski definition) is 4. The Labute approximate surface area is 121 Å². The molecule has 2 unspecified atom stereocenters. The molecule has 0 bridgehead atoms. The standard InChI is InChI=1S/C15H25N3O2/c1-9(2)14(15(19)20)17-6-7-18-12(5)16-11(4)10(3)13(18)8-17/h9,11,14H,6-8H2,1-5H3,(H,19,20). The van der Waals surface area contributed by atoms with E-state index in [1.807, 2.05) is 20.8 Å². The van der Waals surface area contributed by atoms with Crippen LogP contribution in [0.3, 0.4) is 0 Å². The van der Waals surface area contributed by atoms with Crippen LogP contribution in [0.1, 0.15) is 34.6 Å². The highest BCUT2D eigenvalue weighted by atomic mass is 16.4. The van der Waals surface area contributed by atoms with Crippen molar-refractivity contribution in [2.24, 2.45) is 10.9 Å². The van der Waals surface area contributed by atoms with Gasteiger partial charge in [-0.25, -0.2) is 0 Å². The SMILES string of the molecule is CC1=NC(C)C(C)=C2CN(C(C(=O)O)C(C)C)CCN12. The summed E-state index contributed by atoms with van der Waals surface area (Å²) < 4.78 is 0. The van der Waals surface area contributed by atoms with Crippen LogP contribution in [0.5, 0.6) is 0 Å². The van der Waals surface area contributed by atoms with Gasteiger partial charge in [0, 0.05) is 25.3 Å². The van der Waals surface area contributed by atoms with Gasteiger partial charge in [-0.3, -0.25) is 14.7 Å². The Hall–Kier alpha value is -1.36. The molecule has 0 radical (unpaired) electrons. The number of carboxylic acid groups (broad SMARTS) is 1. The molecule has 1 N–H and O–H groups in total. The van der Waals surface area contributed by atoms with Crippen LogP contribution < -0.4 is 0 Å². The number of piperazine rings is 1. The van der Waals surface area contributed by atoms with Crippen molar-refractivity contribution in [3.05, 3.63) is 11.3 Å². The van der Waals surface area contributed by atoms with Gasteiger partial charge in [0.05, 0.1) is 6.04 Å². The molecular weight excluding hydrogens is 254 g/mol. The zero-order valence-corrected chi connectivity index (χ0v) is 13.1. The molecule has 1 fully saturated rings. The van der Waals surface area contributed by atoms with E-state index in [1.165, 1.54) is 11.3 Å². The number of nitrogens with zero attached hydrogens (tertiary/aromatic N) is 3. The summed E-state index contributed by atoms with van der Waals surface area (Å²) in [5.74, 6) is 0.436. The monoisotopic (exact) mass is 279 g/mol. The van der Waals surface area contributed by atoms with E-state index in [1.54, 1.807) is 0 Å². The van der Waals surface area contributed by atoms with Crippen LogP contribution in [0.2, 0.25) is 0 Å². The number of aliphatic imine (C=N–C) groups is 1. The van der Waals surface area contributed by atoms with Gasteiger partial charge in [0.25, 0.3) is 0 Å². The van der Waals surface area contributed by atoms with Gasteiger partial charge < -0.3 is 10.0 Å². The van der Waals surface area contributed by atoms with E-state index in [4.69, 9.17) is 0 Å². The topological polar surface area (TPSA) is 56.1 Å². The fourth-order valence-electron chi connectivity index (χ4n) is 3.20. The van der Waals surface area contributed by atoms with E-state index in [0.29, 0.717) is 6.54 Å². The number of amidine groups is 1. The molecule has 0 amide bonds. The van der Waals surface area contributed by atoms with Crippen LogP contribution in [0.4, 0.5) is 0 Å². The molecule has 0 aromatic carbocycles. The molecule has 0 aromatic rings. The maximum atomic E-state index is 11.5. The minimum absolute atomic E-state index is 0.107. The first-order chi connectivity index (χ1) is 9.32. The first kappa shape index (κ1) is 15.0. The minimum atomic E-state index is -0.721. The smallest absolute Gasteiger partial charge is 0.321 e. The molecule has 0 spiro atoms. The van der Waals surface area contributed by atoms with Crippen molar-refractivity contribution in [2.75, 3.05) is 19.6 Å². The summed E-state index contributed by atoms with van der Waals surface area (Å²) in [5, 5.41) is 9.47. The third-order valence-electron chi connectivity index (χ3n) is 4.42. The molecule has 2 aliphatic heterocycles. The molecule has 0 aromatic heterocycles. The van der Waals surface area contributed by atoms with Crippen molar-refractivity contribution < 1.29 is 9.90 Å². The first-order valence-corrected chi connectivity index (χ1v) is 7.31. The van der Waals surface area contributed by atoms with E-state index in [9.17, 15) is 9.90 Å². The third kappa shape index (κ3) is 2.59. The van der Waals surface area contributed by atoms with Crippen molar-refractivity contribution in [1.82, 2.24) is 9.80 Å². The lowest BCUT2D eigenvalue weighted by Crippen LogP contribution is -2.55. The molecule has 2 aliphatic rings. The molecule has 2 rings (SSSR count). The van der Waals surface area contributed by atoms with E-state index < -0.39 is 12.0 Å². The number of carboxylic acids is 1. The summed E-state index contributed by atoms with van der Waals surface area (Å²) in [6, 6.07) is -0.213. The molecule has 0 saturated carbocycles. The highest BCUT2D eigenvalue weighted by Crippen LogP contribution is 2.27. The average Bonchev–Trinajstić information content (AvgIpc) is 2.35. The van der Waals surface area contributed by atoms with Gasteiger partial charge in [-0.05, 0) is 32.3 Å². The predicted molar refractivity (Wildman–Crippen MR) is 79.8 cm³/mol. The van der Waals surface area contributed by atoms with Gasteiger partial charge in [0.15, 0.2) is 0 Å². The Bertz CT molecular complexity index is 468. The number of rotatable bonds is 3. The Kier molecular flexibility index (Phi) is 4.18.